The van der Waals surface area contributed by atoms with Gasteiger partial charge in [-0.15, -0.1) is 11.3 Å². The fourth-order valence-corrected chi connectivity index (χ4v) is 2.37. The zero-order valence-corrected chi connectivity index (χ0v) is 9.57. The lowest BCUT2D eigenvalue weighted by Crippen LogP contribution is -1.91. The third kappa shape index (κ3) is 1.39. The van der Waals surface area contributed by atoms with Gasteiger partial charge in [-0.05, 0) is 23.6 Å². The summed E-state index contributed by atoms with van der Waals surface area (Å²) in [6, 6.07) is 9.94. The van der Waals surface area contributed by atoms with E-state index in [1.54, 1.807) is 18.4 Å². The third-order valence-electron chi connectivity index (χ3n) is 2.44. The number of aromatic nitrogens is 2. The molecule has 0 fully saturated rings. The van der Waals surface area contributed by atoms with Crippen LogP contribution in [0.5, 0.6) is 5.88 Å². The van der Waals surface area contributed by atoms with E-state index < -0.39 is 0 Å². The highest BCUT2D eigenvalue weighted by Gasteiger charge is 2.07. The van der Waals surface area contributed by atoms with Crippen molar-refractivity contribution in [3.63, 3.8) is 0 Å². The number of ether oxygens (including phenoxy) is 1. The molecule has 0 saturated heterocycles. The summed E-state index contributed by atoms with van der Waals surface area (Å²) in [4.78, 5) is 5.73. The Morgan fingerprint density at radius 2 is 2.19 bits per heavy atom. The fourth-order valence-electron chi connectivity index (χ4n) is 1.69. The van der Waals surface area contributed by atoms with Crippen LogP contribution in [0.2, 0.25) is 0 Å². The molecule has 0 N–H and O–H groups in total. The molecule has 16 heavy (non-hydrogen) atoms. The van der Waals surface area contributed by atoms with E-state index in [1.165, 1.54) is 4.88 Å². The minimum Gasteiger partial charge on any atom is -0.482 e. The second-order valence-electron chi connectivity index (χ2n) is 3.40. The maximum absolute atomic E-state index is 5.28. The van der Waals surface area contributed by atoms with Crippen LogP contribution in [0, 0.1) is 0 Å². The molecule has 0 atom stereocenters. The summed E-state index contributed by atoms with van der Waals surface area (Å²) in [5, 5.41) is 2.05. The molecular formula is C12H10N2OS. The molecule has 3 rings (SSSR count). The monoisotopic (exact) mass is 230 g/mol. The molecule has 0 bridgehead atoms. The Kier molecular flexibility index (Phi) is 2.15. The zero-order chi connectivity index (χ0) is 11.0. The Morgan fingerprint density at radius 3 is 2.94 bits per heavy atom. The molecule has 0 aliphatic rings. The van der Waals surface area contributed by atoms with Gasteiger partial charge >= 0.3 is 0 Å². The quantitative estimate of drug-likeness (QED) is 0.676. The topological polar surface area (TPSA) is 26.5 Å². The smallest absolute Gasteiger partial charge is 0.198 e. The number of imidazole rings is 1. The predicted molar refractivity (Wildman–Crippen MR) is 65.1 cm³/mol. The molecule has 0 amide bonds. The SMILES string of the molecule is COc1cccc2nc(-c3cccs3)cn12. The van der Waals surface area contributed by atoms with Gasteiger partial charge in [0.05, 0.1) is 17.7 Å². The average Bonchev–Trinajstić information content (AvgIpc) is 2.96. The minimum atomic E-state index is 0.799. The molecule has 0 aromatic carbocycles. The maximum Gasteiger partial charge on any atom is 0.198 e. The minimum absolute atomic E-state index is 0.799. The van der Waals surface area contributed by atoms with Crippen molar-refractivity contribution in [3.8, 4) is 16.5 Å². The van der Waals surface area contributed by atoms with E-state index in [0.29, 0.717) is 0 Å². The molecule has 0 aliphatic carbocycles. The van der Waals surface area contributed by atoms with E-state index in [9.17, 15) is 0 Å². The normalized spacial score (nSPS) is 10.8. The van der Waals surface area contributed by atoms with E-state index in [1.807, 2.05) is 34.9 Å². The van der Waals surface area contributed by atoms with E-state index in [4.69, 9.17) is 4.74 Å². The van der Waals surface area contributed by atoms with Crippen LogP contribution in [0.1, 0.15) is 0 Å². The van der Waals surface area contributed by atoms with Crippen molar-refractivity contribution < 1.29 is 4.74 Å². The Hall–Kier alpha value is -1.81. The van der Waals surface area contributed by atoms with Gasteiger partial charge in [0, 0.05) is 6.20 Å². The second kappa shape index (κ2) is 3.64. The summed E-state index contributed by atoms with van der Waals surface area (Å²) in [5.74, 6) is 0.799. The van der Waals surface area contributed by atoms with Gasteiger partial charge < -0.3 is 4.74 Å². The Labute approximate surface area is 96.9 Å². The number of nitrogens with zero attached hydrogens (tertiary/aromatic N) is 2. The van der Waals surface area contributed by atoms with Gasteiger partial charge in [0.1, 0.15) is 5.65 Å². The number of rotatable bonds is 2. The predicted octanol–water partition coefficient (Wildman–Crippen LogP) is 3.07. The summed E-state index contributed by atoms with van der Waals surface area (Å²) in [5.41, 5.74) is 1.89. The number of hydrogen-bond donors (Lipinski definition) is 0. The molecule has 0 aliphatic heterocycles. The first-order valence-corrected chi connectivity index (χ1v) is 5.82. The van der Waals surface area contributed by atoms with Crippen LogP contribution in [0.4, 0.5) is 0 Å². The van der Waals surface area contributed by atoms with E-state index in [-0.39, 0.29) is 0 Å². The van der Waals surface area contributed by atoms with Crippen molar-refractivity contribution in [1.29, 1.82) is 0 Å². The Bertz CT molecular complexity index is 613. The molecule has 0 spiro atoms. The zero-order valence-electron chi connectivity index (χ0n) is 8.75. The standard InChI is InChI=1S/C12H10N2OS/c1-15-12-6-2-5-11-13-9(8-14(11)12)10-4-3-7-16-10/h2-8H,1H3. The molecule has 4 heteroatoms. The molecule has 3 nitrogen and oxygen atoms in total. The first-order valence-electron chi connectivity index (χ1n) is 4.94. The van der Waals surface area contributed by atoms with Gasteiger partial charge in [0.15, 0.2) is 5.88 Å². The molecule has 3 aromatic rings. The summed E-state index contributed by atoms with van der Waals surface area (Å²) in [7, 11) is 1.67. The summed E-state index contributed by atoms with van der Waals surface area (Å²) in [6.45, 7) is 0. The fraction of sp³-hybridized carbons (Fsp3) is 0.0833. The second-order valence-corrected chi connectivity index (χ2v) is 4.35. The average molecular weight is 230 g/mol. The number of hydrogen-bond acceptors (Lipinski definition) is 3. The van der Waals surface area contributed by atoms with E-state index in [2.05, 4.69) is 16.4 Å². The Balaban J connectivity index is 2.23. The molecule has 0 saturated carbocycles. The van der Waals surface area contributed by atoms with Crippen molar-refractivity contribution in [2.75, 3.05) is 7.11 Å². The van der Waals surface area contributed by atoms with Crippen LogP contribution < -0.4 is 4.74 Å². The molecule has 3 aromatic heterocycles. The number of thiophene rings is 1. The first kappa shape index (κ1) is 9.42. The lowest BCUT2D eigenvalue weighted by Gasteiger charge is -2.01. The highest BCUT2D eigenvalue weighted by Crippen LogP contribution is 2.25. The Morgan fingerprint density at radius 1 is 1.25 bits per heavy atom. The molecule has 80 valence electrons. The lowest BCUT2D eigenvalue weighted by molar-refractivity contribution is 0.392. The third-order valence-corrected chi connectivity index (χ3v) is 3.33. The highest BCUT2D eigenvalue weighted by atomic mass is 32.1. The van der Waals surface area contributed by atoms with Crippen LogP contribution >= 0.6 is 11.3 Å². The summed E-state index contributed by atoms with van der Waals surface area (Å²) < 4.78 is 7.24. The van der Waals surface area contributed by atoms with Crippen LogP contribution in [-0.4, -0.2) is 16.5 Å². The number of fused-ring (bicyclic) bond motifs is 1. The number of pyridine rings is 1. The van der Waals surface area contributed by atoms with Gasteiger partial charge in [0.25, 0.3) is 0 Å². The van der Waals surface area contributed by atoms with Crippen molar-refractivity contribution >= 4 is 17.0 Å². The van der Waals surface area contributed by atoms with E-state index in [0.717, 1.165) is 17.2 Å². The van der Waals surface area contributed by atoms with Crippen LogP contribution in [0.3, 0.4) is 0 Å². The van der Waals surface area contributed by atoms with Crippen LogP contribution in [0.15, 0.2) is 41.9 Å². The molecule has 0 unspecified atom stereocenters. The van der Waals surface area contributed by atoms with Gasteiger partial charge in [-0.3, -0.25) is 4.40 Å². The number of methoxy groups -OCH3 is 1. The van der Waals surface area contributed by atoms with Gasteiger partial charge in [0.2, 0.25) is 0 Å². The van der Waals surface area contributed by atoms with Crippen molar-refractivity contribution in [3.05, 3.63) is 41.9 Å². The van der Waals surface area contributed by atoms with Gasteiger partial charge in [-0.1, -0.05) is 12.1 Å². The highest BCUT2D eigenvalue weighted by molar-refractivity contribution is 7.13. The molecule has 3 heterocycles. The van der Waals surface area contributed by atoms with Crippen LogP contribution in [-0.2, 0) is 0 Å². The van der Waals surface area contributed by atoms with Crippen molar-refractivity contribution in [2.45, 2.75) is 0 Å². The largest absolute Gasteiger partial charge is 0.482 e. The van der Waals surface area contributed by atoms with Crippen molar-refractivity contribution in [2.24, 2.45) is 0 Å². The van der Waals surface area contributed by atoms with Crippen molar-refractivity contribution in [1.82, 2.24) is 9.38 Å². The first-order chi connectivity index (χ1) is 7.88. The van der Waals surface area contributed by atoms with Crippen LogP contribution in [0.25, 0.3) is 16.2 Å². The molecule has 0 radical (unpaired) electrons. The lowest BCUT2D eigenvalue weighted by atomic mass is 10.4. The van der Waals surface area contributed by atoms with Gasteiger partial charge in [-0.25, -0.2) is 4.98 Å². The maximum atomic E-state index is 5.28. The van der Waals surface area contributed by atoms with Gasteiger partial charge in [-0.2, -0.15) is 0 Å². The summed E-state index contributed by atoms with van der Waals surface area (Å²) >= 11 is 1.69. The van der Waals surface area contributed by atoms with E-state index >= 15 is 0 Å². The summed E-state index contributed by atoms with van der Waals surface area (Å²) in [6.07, 6.45) is 2.00. The molecular weight excluding hydrogens is 220 g/mol.